The van der Waals surface area contributed by atoms with Gasteiger partial charge >= 0.3 is 5.97 Å². The second kappa shape index (κ2) is 9.54. The number of aromatic amines is 1. The van der Waals surface area contributed by atoms with Gasteiger partial charge in [0, 0.05) is 17.7 Å². The lowest BCUT2D eigenvalue weighted by atomic mass is 10.1. The standard InChI is InChI=1S/C19H25N5O4/c1-4-27-14-8-6-13(7-9-14)24(18(20)21)19-22-12(3)15(17(26)23-19)10-11-16(25)28-5-2/h6-9H,4-5,10-11H2,1-3H3,(H3,20,21)(H,22,23,26). The van der Waals surface area contributed by atoms with E-state index in [1.165, 1.54) is 4.90 Å². The molecule has 0 radical (unpaired) electrons. The molecule has 0 bridgehead atoms. The van der Waals surface area contributed by atoms with Crippen LogP contribution in [0, 0.1) is 12.3 Å². The number of ether oxygens (including phenoxy) is 2. The zero-order chi connectivity index (χ0) is 20.7. The summed E-state index contributed by atoms with van der Waals surface area (Å²) in [5, 5.41) is 7.89. The molecule has 1 aromatic carbocycles. The van der Waals surface area contributed by atoms with Crippen molar-refractivity contribution < 1.29 is 14.3 Å². The highest BCUT2D eigenvalue weighted by atomic mass is 16.5. The number of benzene rings is 1. The first-order valence-corrected chi connectivity index (χ1v) is 8.99. The second-order valence-corrected chi connectivity index (χ2v) is 5.91. The summed E-state index contributed by atoms with van der Waals surface area (Å²) in [6.45, 7) is 6.12. The molecule has 1 aromatic heterocycles. The van der Waals surface area contributed by atoms with E-state index < -0.39 is 0 Å². The fraction of sp³-hybridized carbons (Fsp3) is 0.368. The first-order chi connectivity index (χ1) is 13.4. The molecule has 0 saturated carbocycles. The van der Waals surface area contributed by atoms with E-state index in [0.29, 0.717) is 35.9 Å². The first kappa shape index (κ1) is 20.9. The Labute approximate surface area is 163 Å². The molecule has 4 N–H and O–H groups in total. The number of carbonyl (C=O) groups excluding carboxylic acids is 1. The minimum Gasteiger partial charge on any atom is -0.494 e. The lowest BCUT2D eigenvalue weighted by molar-refractivity contribution is -0.143. The van der Waals surface area contributed by atoms with Gasteiger partial charge in [-0.1, -0.05) is 0 Å². The third-order valence-electron chi connectivity index (χ3n) is 3.95. The van der Waals surface area contributed by atoms with Crippen molar-refractivity contribution in [2.45, 2.75) is 33.6 Å². The van der Waals surface area contributed by atoms with E-state index >= 15 is 0 Å². The summed E-state index contributed by atoms with van der Waals surface area (Å²) >= 11 is 0. The Morgan fingerprint density at radius 2 is 1.93 bits per heavy atom. The van der Waals surface area contributed by atoms with Crippen LogP contribution >= 0.6 is 0 Å². The molecule has 0 amide bonds. The molecule has 0 unspecified atom stereocenters. The molecule has 0 saturated heterocycles. The lowest BCUT2D eigenvalue weighted by Gasteiger charge is -2.22. The number of carbonyl (C=O) groups is 1. The summed E-state index contributed by atoms with van der Waals surface area (Å²) in [5.41, 5.74) is 6.74. The number of H-pyrrole nitrogens is 1. The molecule has 28 heavy (non-hydrogen) atoms. The van der Waals surface area contributed by atoms with E-state index in [1.54, 1.807) is 38.1 Å². The van der Waals surface area contributed by atoms with Crippen molar-refractivity contribution in [1.29, 1.82) is 5.41 Å². The molecule has 0 fully saturated rings. The molecule has 2 rings (SSSR count). The van der Waals surface area contributed by atoms with Crippen molar-refractivity contribution in [2.24, 2.45) is 5.73 Å². The third kappa shape index (κ3) is 5.09. The van der Waals surface area contributed by atoms with Crippen LogP contribution in [0.2, 0.25) is 0 Å². The van der Waals surface area contributed by atoms with Gasteiger partial charge in [0.25, 0.3) is 5.56 Å². The van der Waals surface area contributed by atoms with Crippen molar-refractivity contribution in [1.82, 2.24) is 9.97 Å². The number of esters is 1. The molecule has 0 atom stereocenters. The zero-order valence-corrected chi connectivity index (χ0v) is 16.2. The van der Waals surface area contributed by atoms with Crippen LogP contribution in [-0.2, 0) is 16.0 Å². The number of nitrogens with two attached hydrogens (primary N) is 1. The third-order valence-corrected chi connectivity index (χ3v) is 3.95. The smallest absolute Gasteiger partial charge is 0.306 e. The number of hydrogen-bond donors (Lipinski definition) is 3. The average molecular weight is 387 g/mol. The van der Waals surface area contributed by atoms with Crippen molar-refractivity contribution in [3.63, 3.8) is 0 Å². The van der Waals surface area contributed by atoms with E-state index in [9.17, 15) is 9.59 Å². The summed E-state index contributed by atoms with van der Waals surface area (Å²) < 4.78 is 10.3. The number of aryl methyl sites for hydroxylation is 1. The Kier molecular flexibility index (Phi) is 7.14. The fourth-order valence-electron chi connectivity index (χ4n) is 2.69. The molecular formula is C19H25N5O4. The van der Waals surface area contributed by atoms with Crippen LogP contribution in [0.3, 0.4) is 0 Å². The average Bonchev–Trinajstić information content (AvgIpc) is 2.63. The number of nitrogens with one attached hydrogen (secondary N) is 2. The van der Waals surface area contributed by atoms with Gasteiger partial charge in [0.1, 0.15) is 5.75 Å². The quantitative estimate of drug-likeness (QED) is 0.358. The number of rotatable bonds is 8. The number of anilines is 2. The minimum absolute atomic E-state index is 0.0914. The van der Waals surface area contributed by atoms with Gasteiger partial charge in [0.15, 0.2) is 5.96 Å². The van der Waals surface area contributed by atoms with Crippen molar-refractivity contribution >= 4 is 23.6 Å². The van der Waals surface area contributed by atoms with Crippen molar-refractivity contribution in [3.8, 4) is 5.75 Å². The fourth-order valence-corrected chi connectivity index (χ4v) is 2.69. The summed E-state index contributed by atoms with van der Waals surface area (Å²) in [5.74, 6) is 0.136. The van der Waals surface area contributed by atoms with E-state index in [-0.39, 0.29) is 36.3 Å². The van der Waals surface area contributed by atoms with Gasteiger partial charge in [-0.05, 0) is 51.5 Å². The molecular weight excluding hydrogens is 362 g/mol. The van der Waals surface area contributed by atoms with Crippen LogP contribution in [0.1, 0.15) is 31.5 Å². The molecule has 9 heteroatoms. The monoisotopic (exact) mass is 387 g/mol. The number of aromatic nitrogens is 2. The maximum absolute atomic E-state index is 12.5. The Hall–Kier alpha value is -3.36. The van der Waals surface area contributed by atoms with E-state index in [2.05, 4.69) is 9.97 Å². The van der Waals surface area contributed by atoms with Gasteiger partial charge in [-0.2, -0.15) is 0 Å². The molecule has 2 aromatic rings. The minimum atomic E-state index is -0.385. The van der Waals surface area contributed by atoms with Crippen LogP contribution in [0.15, 0.2) is 29.1 Å². The largest absolute Gasteiger partial charge is 0.494 e. The van der Waals surface area contributed by atoms with Crippen molar-refractivity contribution in [2.75, 3.05) is 18.1 Å². The maximum atomic E-state index is 12.5. The summed E-state index contributed by atoms with van der Waals surface area (Å²) in [6, 6.07) is 6.92. The van der Waals surface area contributed by atoms with Gasteiger partial charge < -0.3 is 15.2 Å². The number of nitrogens with zero attached hydrogens (tertiary/aromatic N) is 2. The van der Waals surface area contributed by atoms with E-state index in [4.69, 9.17) is 20.6 Å². The molecule has 0 aliphatic carbocycles. The predicted molar refractivity (Wildman–Crippen MR) is 106 cm³/mol. The van der Waals surface area contributed by atoms with Crippen molar-refractivity contribution in [3.05, 3.63) is 45.9 Å². The highest BCUT2D eigenvalue weighted by molar-refractivity contribution is 5.98. The second-order valence-electron chi connectivity index (χ2n) is 5.91. The van der Waals surface area contributed by atoms with Gasteiger partial charge in [0.05, 0.1) is 18.9 Å². The molecule has 0 spiro atoms. The van der Waals surface area contributed by atoms with Crippen LogP contribution in [0.5, 0.6) is 5.75 Å². The van der Waals surface area contributed by atoms with Crippen LogP contribution in [0.4, 0.5) is 11.6 Å². The van der Waals surface area contributed by atoms with E-state index in [0.717, 1.165) is 0 Å². The lowest BCUT2D eigenvalue weighted by Crippen LogP contribution is -2.35. The molecule has 0 aliphatic heterocycles. The van der Waals surface area contributed by atoms with Gasteiger partial charge in [-0.3, -0.25) is 24.9 Å². The van der Waals surface area contributed by atoms with Gasteiger partial charge in [0.2, 0.25) is 5.95 Å². The highest BCUT2D eigenvalue weighted by Gasteiger charge is 2.18. The number of hydrogen-bond acceptors (Lipinski definition) is 6. The Balaban J connectivity index is 2.31. The zero-order valence-electron chi connectivity index (χ0n) is 16.2. The summed E-state index contributed by atoms with van der Waals surface area (Å²) in [4.78, 5) is 32.4. The maximum Gasteiger partial charge on any atom is 0.306 e. The first-order valence-electron chi connectivity index (χ1n) is 8.99. The molecule has 0 aliphatic rings. The van der Waals surface area contributed by atoms with Crippen LogP contribution in [0.25, 0.3) is 0 Å². The molecule has 150 valence electrons. The van der Waals surface area contributed by atoms with Crippen LogP contribution < -0.4 is 20.9 Å². The molecule has 9 nitrogen and oxygen atoms in total. The summed E-state index contributed by atoms with van der Waals surface area (Å²) in [7, 11) is 0. The van der Waals surface area contributed by atoms with Gasteiger partial charge in [-0.25, -0.2) is 4.98 Å². The highest BCUT2D eigenvalue weighted by Crippen LogP contribution is 2.24. The Bertz CT molecular complexity index is 892. The molecule has 1 heterocycles. The van der Waals surface area contributed by atoms with Gasteiger partial charge in [-0.15, -0.1) is 0 Å². The topological polar surface area (TPSA) is 134 Å². The SMILES string of the molecule is CCOC(=O)CCc1c(C)nc(N(C(=N)N)c2ccc(OCC)cc2)[nH]c1=O. The summed E-state index contributed by atoms with van der Waals surface area (Å²) in [6.07, 6.45) is 0.310. The number of guanidine groups is 1. The van der Waals surface area contributed by atoms with Crippen LogP contribution in [-0.4, -0.2) is 35.1 Å². The predicted octanol–water partition coefficient (Wildman–Crippen LogP) is 2.00. The normalized spacial score (nSPS) is 10.4. The Morgan fingerprint density at radius 1 is 1.25 bits per heavy atom. The Morgan fingerprint density at radius 3 is 2.46 bits per heavy atom. The van der Waals surface area contributed by atoms with E-state index in [1.807, 2.05) is 6.92 Å².